The average Bonchev–Trinajstić information content (AvgIpc) is 3.00. The van der Waals surface area contributed by atoms with Gasteiger partial charge >= 0.3 is 6.18 Å². The van der Waals surface area contributed by atoms with Gasteiger partial charge in [0.05, 0.1) is 6.42 Å². The molecule has 0 aromatic carbocycles. The number of nitrogens with one attached hydrogen (secondary N) is 2. The van der Waals surface area contributed by atoms with E-state index in [1.807, 2.05) is 0 Å². The van der Waals surface area contributed by atoms with Crippen LogP contribution in [0.2, 0.25) is 0 Å². The number of likely N-dealkylation sites (N-methyl/N-ethyl adjacent to an activating group) is 1. The molecule has 0 unspecified atom stereocenters. The fourth-order valence-electron chi connectivity index (χ4n) is 3.19. The summed E-state index contributed by atoms with van der Waals surface area (Å²) in [5.41, 5.74) is -4.31. The van der Waals surface area contributed by atoms with E-state index in [1.54, 1.807) is 0 Å². The Morgan fingerprint density at radius 2 is 1.92 bits per heavy atom. The van der Waals surface area contributed by atoms with Gasteiger partial charge in [-0.2, -0.15) is 13.2 Å². The molecule has 1 aromatic rings. The van der Waals surface area contributed by atoms with Gasteiger partial charge in [0.1, 0.15) is 10.5 Å². The van der Waals surface area contributed by atoms with E-state index in [9.17, 15) is 27.9 Å². The highest BCUT2D eigenvalue weighted by atomic mass is 32.1. The highest BCUT2D eigenvalue weighted by Crippen LogP contribution is 2.43. The lowest BCUT2D eigenvalue weighted by molar-refractivity contribution is -0.267. The van der Waals surface area contributed by atoms with Crippen LogP contribution in [-0.4, -0.2) is 40.7 Å². The Bertz CT molecular complexity index is 671. The second-order valence-corrected chi connectivity index (χ2v) is 7.46. The topological polar surface area (TPSA) is 91.3 Å². The van der Waals surface area contributed by atoms with Crippen molar-refractivity contribution in [1.82, 2.24) is 15.6 Å². The molecule has 1 aliphatic rings. The number of nitrogens with zero attached hydrogens (tertiary/aromatic N) is 1. The Labute approximate surface area is 153 Å². The van der Waals surface area contributed by atoms with Crippen LogP contribution in [0.3, 0.4) is 0 Å². The number of alkyl halides is 3. The maximum absolute atomic E-state index is 13.5. The minimum atomic E-state index is -5.08. The molecule has 3 N–H and O–H groups in total. The van der Waals surface area contributed by atoms with E-state index in [4.69, 9.17) is 0 Å². The molecule has 6 nitrogen and oxygen atoms in total. The second-order valence-electron chi connectivity index (χ2n) is 6.60. The number of amides is 2. The zero-order valence-corrected chi connectivity index (χ0v) is 15.4. The third-order valence-electron chi connectivity index (χ3n) is 4.61. The van der Waals surface area contributed by atoms with Gasteiger partial charge in [0, 0.05) is 18.1 Å². The van der Waals surface area contributed by atoms with Gasteiger partial charge in [-0.15, -0.1) is 11.3 Å². The Balaban J connectivity index is 2.25. The van der Waals surface area contributed by atoms with E-state index in [-0.39, 0.29) is 0 Å². The van der Waals surface area contributed by atoms with Crippen LogP contribution >= 0.6 is 11.3 Å². The number of hydrogen-bond acceptors (Lipinski definition) is 5. The van der Waals surface area contributed by atoms with Gasteiger partial charge in [-0.3, -0.25) is 9.59 Å². The number of aryl methyl sites for hydroxylation is 1. The zero-order chi connectivity index (χ0) is 19.6. The fourth-order valence-corrected chi connectivity index (χ4v) is 4.10. The highest BCUT2D eigenvalue weighted by Gasteiger charge is 2.58. The first-order chi connectivity index (χ1) is 12.0. The molecular formula is C16H22F3N3O3S. The van der Waals surface area contributed by atoms with E-state index in [0.29, 0.717) is 42.7 Å². The quantitative estimate of drug-likeness (QED) is 0.715. The van der Waals surface area contributed by atoms with Crippen molar-refractivity contribution in [2.75, 3.05) is 7.05 Å². The lowest BCUT2D eigenvalue weighted by Gasteiger charge is -2.37. The third kappa shape index (κ3) is 4.01. The molecule has 10 heteroatoms. The summed E-state index contributed by atoms with van der Waals surface area (Å²) in [6, 6.07) is 0. The smallest absolute Gasteiger partial charge is 0.374 e. The summed E-state index contributed by atoms with van der Waals surface area (Å²) >= 11 is 0.641. The summed E-state index contributed by atoms with van der Waals surface area (Å²) in [7, 11) is 1.41. The van der Waals surface area contributed by atoms with Crippen molar-refractivity contribution < 1.29 is 27.9 Å². The van der Waals surface area contributed by atoms with Crippen molar-refractivity contribution >= 4 is 23.2 Å². The molecule has 2 rings (SSSR count). The van der Waals surface area contributed by atoms with Crippen molar-refractivity contribution in [3.63, 3.8) is 0 Å². The van der Waals surface area contributed by atoms with Gasteiger partial charge in [-0.05, 0) is 19.8 Å². The fraction of sp³-hybridized carbons (Fsp3) is 0.688. The molecule has 1 heterocycles. The van der Waals surface area contributed by atoms with Crippen LogP contribution in [0, 0.1) is 6.92 Å². The predicted molar refractivity (Wildman–Crippen MR) is 89.4 cm³/mol. The summed E-state index contributed by atoms with van der Waals surface area (Å²) < 4.78 is 40.5. The van der Waals surface area contributed by atoms with E-state index >= 15 is 0 Å². The van der Waals surface area contributed by atoms with Crippen molar-refractivity contribution in [2.24, 2.45) is 0 Å². The number of carbonyl (C=O) groups is 2. The zero-order valence-electron chi connectivity index (χ0n) is 14.6. The van der Waals surface area contributed by atoms with Gasteiger partial charge in [0.25, 0.3) is 0 Å². The molecular weight excluding hydrogens is 371 g/mol. The Kier molecular flexibility index (Phi) is 5.96. The molecule has 2 amide bonds. The minimum Gasteiger partial charge on any atom is -0.374 e. The number of rotatable bonds is 5. The molecule has 1 aromatic heterocycles. The molecule has 146 valence electrons. The molecule has 0 saturated heterocycles. The summed E-state index contributed by atoms with van der Waals surface area (Å²) in [5.74, 6) is -1.48. The van der Waals surface area contributed by atoms with Gasteiger partial charge in [0.2, 0.25) is 17.4 Å². The third-order valence-corrected chi connectivity index (χ3v) is 5.72. The Morgan fingerprint density at radius 3 is 2.38 bits per heavy atom. The van der Waals surface area contributed by atoms with Gasteiger partial charge < -0.3 is 15.7 Å². The molecule has 1 saturated carbocycles. The molecule has 0 aliphatic heterocycles. The first-order valence-electron chi connectivity index (χ1n) is 8.29. The maximum Gasteiger partial charge on any atom is 0.424 e. The largest absolute Gasteiger partial charge is 0.424 e. The molecule has 0 bridgehead atoms. The second kappa shape index (κ2) is 7.51. The number of hydrogen-bond donors (Lipinski definition) is 3. The van der Waals surface area contributed by atoms with Crippen LogP contribution in [0.4, 0.5) is 13.2 Å². The van der Waals surface area contributed by atoms with Crippen molar-refractivity contribution in [2.45, 2.75) is 62.8 Å². The first-order valence-corrected chi connectivity index (χ1v) is 9.17. The van der Waals surface area contributed by atoms with Crippen LogP contribution in [-0.2, 0) is 15.2 Å². The monoisotopic (exact) mass is 393 g/mol. The van der Waals surface area contributed by atoms with Gasteiger partial charge in [-0.1, -0.05) is 19.3 Å². The number of halogens is 3. The summed E-state index contributed by atoms with van der Waals surface area (Å²) in [6.45, 7) is 1.50. The number of thiazole rings is 1. The molecule has 1 atom stereocenters. The lowest BCUT2D eigenvalue weighted by Crippen LogP contribution is -2.60. The van der Waals surface area contributed by atoms with Crippen LogP contribution in [0.1, 0.15) is 49.2 Å². The van der Waals surface area contributed by atoms with E-state index in [0.717, 1.165) is 6.42 Å². The van der Waals surface area contributed by atoms with Crippen LogP contribution in [0.5, 0.6) is 0 Å². The molecule has 26 heavy (non-hydrogen) atoms. The first kappa shape index (κ1) is 20.6. The van der Waals surface area contributed by atoms with Gasteiger partial charge in [-0.25, -0.2) is 4.98 Å². The van der Waals surface area contributed by atoms with E-state index in [1.165, 1.54) is 19.4 Å². The molecule has 1 aliphatic carbocycles. The predicted octanol–water partition coefficient (Wildman–Crippen LogP) is 2.16. The average molecular weight is 393 g/mol. The number of carbonyl (C=O) groups excluding carboxylic acids is 2. The molecule has 0 radical (unpaired) electrons. The summed E-state index contributed by atoms with van der Waals surface area (Å²) in [5, 5.41) is 16.0. The number of aliphatic hydroxyl groups is 1. The van der Waals surface area contributed by atoms with Crippen LogP contribution in [0.15, 0.2) is 5.38 Å². The van der Waals surface area contributed by atoms with Gasteiger partial charge in [0.15, 0.2) is 0 Å². The van der Waals surface area contributed by atoms with Crippen molar-refractivity contribution in [3.05, 3.63) is 16.1 Å². The van der Waals surface area contributed by atoms with E-state index in [2.05, 4.69) is 15.6 Å². The molecule has 0 spiro atoms. The Morgan fingerprint density at radius 1 is 1.31 bits per heavy atom. The van der Waals surface area contributed by atoms with Crippen LogP contribution < -0.4 is 10.6 Å². The highest BCUT2D eigenvalue weighted by molar-refractivity contribution is 7.09. The minimum absolute atomic E-state index is 0.321. The number of aromatic nitrogens is 1. The SMILES string of the molecule is CNC(=O)C1(NC(=O)C[C@@](O)(c2nc(C)cs2)C(F)(F)F)CCCCC1. The van der Waals surface area contributed by atoms with Crippen molar-refractivity contribution in [3.8, 4) is 0 Å². The maximum atomic E-state index is 13.5. The summed E-state index contributed by atoms with van der Waals surface area (Å²) in [6.07, 6.45) is -3.38. The van der Waals surface area contributed by atoms with Crippen LogP contribution in [0.25, 0.3) is 0 Å². The molecule has 1 fully saturated rings. The Hall–Kier alpha value is -1.68. The normalized spacial score (nSPS) is 19.5. The van der Waals surface area contributed by atoms with E-state index < -0.39 is 40.6 Å². The standard InChI is InChI=1S/C16H22F3N3O3S/c1-10-9-26-13(21-10)15(25,16(17,18)19)8-11(23)22-14(12(24)20-2)6-4-3-5-7-14/h9,25H,3-8H2,1-2H3,(H,20,24)(H,22,23)/t15-/m1/s1. The summed E-state index contributed by atoms with van der Waals surface area (Å²) in [4.78, 5) is 28.4. The lowest BCUT2D eigenvalue weighted by atomic mass is 9.80. The van der Waals surface area contributed by atoms with Crippen molar-refractivity contribution in [1.29, 1.82) is 0 Å².